The lowest BCUT2D eigenvalue weighted by Gasteiger charge is -2.07. The third-order valence-corrected chi connectivity index (χ3v) is 3.58. The van der Waals surface area contributed by atoms with Crippen molar-refractivity contribution in [3.8, 4) is 0 Å². The molecule has 0 bridgehead atoms. The summed E-state index contributed by atoms with van der Waals surface area (Å²) in [5.41, 5.74) is 1.66. The molecule has 0 spiro atoms. The van der Waals surface area contributed by atoms with Gasteiger partial charge in [-0.1, -0.05) is 41.9 Å². The Kier molecular flexibility index (Phi) is 5.03. The fraction of sp³-hybridized carbons (Fsp3) is 0.0556. The van der Waals surface area contributed by atoms with E-state index in [9.17, 15) is 4.79 Å². The molecule has 5 nitrogen and oxygen atoms in total. The van der Waals surface area contributed by atoms with Crippen LogP contribution in [-0.2, 0) is 6.54 Å². The summed E-state index contributed by atoms with van der Waals surface area (Å²) in [5.74, 6) is 0.773. The van der Waals surface area contributed by atoms with Crippen LogP contribution in [0.25, 0.3) is 0 Å². The SMILES string of the molecule is O=C(Nc1ccc(NCc2ccccc2)nn1)c1ccc(Cl)cc1. The van der Waals surface area contributed by atoms with Crippen molar-refractivity contribution in [2.24, 2.45) is 0 Å². The molecule has 0 saturated carbocycles. The second-order valence-corrected chi connectivity index (χ2v) is 5.54. The zero-order valence-corrected chi connectivity index (χ0v) is 13.5. The number of nitrogens with one attached hydrogen (secondary N) is 2. The average molecular weight is 339 g/mol. The minimum atomic E-state index is -0.258. The van der Waals surface area contributed by atoms with Crippen LogP contribution in [0.5, 0.6) is 0 Å². The second-order valence-electron chi connectivity index (χ2n) is 5.10. The monoisotopic (exact) mass is 338 g/mol. The highest BCUT2D eigenvalue weighted by Crippen LogP contribution is 2.12. The van der Waals surface area contributed by atoms with Crippen molar-refractivity contribution < 1.29 is 4.79 Å². The molecule has 0 aliphatic heterocycles. The molecule has 0 aliphatic rings. The molecule has 1 aromatic heterocycles. The number of amides is 1. The van der Waals surface area contributed by atoms with Crippen LogP contribution in [-0.4, -0.2) is 16.1 Å². The maximum atomic E-state index is 12.1. The molecule has 1 heterocycles. The summed E-state index contributed by atoms with van der Waals surface area (Å²) in [4.78, 5) is 12.1. The molecule has 0 radical (unpaired) electrons. The maximum Gasteiger partial charge on any atom is 0.256 e. The number of nitrogens with zero attached hydrogens (tertiary/aromatic N) is 2. The molecule has 2 N–H and O–H groups in total. The second kappa shape index (κ2) is 7.57. The summed E-state index contributed by atoms with van der Waals surface area (Å²) in [6, 6.07) is 20.1. The van der Waals surface area contributed by atoms with Gasteiger partial charge in [0.05, 0.1) is 0 Å². The largest absolute Gasteiger partial charge is 0.365 e. The molecule has 1 amide bonds. The number of hydrogen-bond acceptors (Lipinski definition) is 4. The highest BCUT2D eigenvalue weighted by molar-refractivity contribution is 6.30. The Labute approximate surface area is 144 Å². The zero-order valence-electron chi connectivity index (χ0n) is 12.7. The van der Waals surface area contributed by atoms with Crippen LogP contribution in [0.3, 0.4) is 0 Å². The summed E-state index contributed by atoms with van der Waals surface area (Å²) >= 11 is 5.81. The van der Waals surface area contributed by atoms with Crippen LogP contribution in [0.2, 0.25) is 5.02 Å². The van der Waals surface area contributed by atoms with Crippen molar-refractivity contribution >= 4 is 29.1 Å². The number of anilines is 2. The van der Waals surface area contributed by atoms with Gasteiger partial charge in [-0.2, -0.15) is 0 Å². The Bertz CT molecular complexity index is 805. The Hall–Kier alpha value is -2.92. The Balaban J connectivity index is 1.58. The molecule has 0 atom stereocenters. The van der Waals surface area contributed by atoms with E-state index in [4.69, 9.17) is 11.6 Å². The number of carbonyl (C=O) groups excluding carboxylic acids is 1. The molecule has 6 heteroatoms. The lowest BCUT2D eigenvalue weighted by molar-refractivity contribution is 0.102. The molecule has 0 saturated heterocycles. The highest BCUT2D eigenvalue weighted by Gasteiger charge is 2.07. The van der Waals surface area contributed by atoms with Crippen LogP contribution < -0.4 is 10.6 Å². The predicted octanol–water partition coefficient (Wildman–Crippen LogP) is 3.99. The molecule has 120 valence electrons. The first kappa shape index (κ1) is 16.0. The molecule has 3 rings (SSSR count). The van der Waals surface area contributed by atoms with E-state index in [1.807, 2.05) is 30.3 Å². The van der Waals surface area contributed by atoms with E-state index >= 15 is 0 Å². The van der Waals surface area contributed by atoms with Gasteiger partial charge in [0.15, 0.2) is 5.82 Å². The quantitative estimate of drug-likeness (QED) is 0.738. The van der Waals surface area contributed by atoms with Gasteiger partial charge >= 0.3 is 0 Å². The smallest absolute Gasteiger partial charge is 0.256 e. The van der Waals surface area contributed by atoms with Gasteiger partial charge in [0, 0.05) is 17.1 Å². The molecule has 2 aromatic carbocycles. The first-order valence-electron chi connectivity index (χ1n) is 7.39. The number of hydrogen-bond donors (Lipinski definition) is 2. The van der Waals surface area contributed by atoms with Crippen LogP contribution in [0, 0.1) is 0 Å². The van der Waals surface area contributed by atoms with E-state index in [1.54, 1.807) is 36.4 Å². The third kappa shape index (κ3) is 4.30. The number of benzene rings is 2. The van der Waals surface area contributed by atoms with Gasteiger partial charge in [0.25, 0.3) is 5.91 Å². The fourth-order valence-corrected chi connectivity index (χ4v) is 2.20. The Morgan fingerprint density at radius 3 is 2.21 bits per heavy atom. The lowest BCUT2D eigenvalue weighted by atomic mass is 10.2. The molecular weight excluding hydrogens is 324 g/mol. The van der Waals surface area contributed by atoms with Crippen molar-refractivity contribution in [3.63, 3.8) is 0 Å². The number of rotatable bonds is 5. The van der Waals surface area contributed by atoms with Gasteiger partial charge in [0.1, 0.15) is 5.82 Å². The van der Waals surface area contributed by atoms with Gasteiger partial charge in [0.2, 0.25) is 0 Å². The fourth-order valence-electron chi connectivity index (χ4n) is 2.07. The zero-order chi connectivity index (χ0) is 16.8. The maximum absolute atomic E-state index is 12.1. The number of halogens is 1. The standard InChI is InChI=1S/C18H15ClN4O/c19-15-8-6-14(7-9-15)18(24)21-17-11-10-16(22-23-17)20-12-13-4-2-1-3-5-13/h1-11H,12H2,(H,20,22)(H,21,23,24). The van der Waals surface area contributed by atoms with E-state index in [0.29, 0.717) is 28.8 Å². The molecule has 24 heavy (non-hydrogen) atoms. The van der Waals surface area contributed by atoms with Crippen molar-refractivity contribution in [3.05, 3.63) is 82.9 Å². The predicted molar refractivity (Wildman–Crippen MR) is 95.2 cm³/mol. The van der Waals surface area contributed by atoms with Gasteiger partial charge < -0.3 is 10.6 Å². The van der Waals surface area contributed by atoms with Crippen LogP contribution >= 0.6 is 11.6 Å². The lowest BCUT2D eigenvalue weighted by Crippen LogP contribution is -2.13. The first-order valence-corrected chi connectivity index (χ1v) is 7.77. The summed E-state index contributed by atoms with van der Waals surface area (Å²) in [6.45, 7) is 0.659. The van der Waals surface area contributed by atoms with Gasteiger partial charge in [-0.3, -0.25) is 4.79 Å². The topological polar surface area (TPSA) is 66.9 Å². The van der Waals surface area contributed by atoms with E-state index in [-0.39, 0.29) is 5.91 Å². The number of carbonyl (C=O) groups is 1. The summed E-state index contributed by atoms with van der Waals surface area (Å²) < 4.78 is 0. The molecular formula is C18H15ClN4O. The minimum Gasteiger partial charge on any atom is -0.365 e. The van der Waals surface area contributed by atoms with E-state index in [1.165, 1.54) is 0 Å². The molecule has 3 aromatic rings. The van der Waals surface area contributed by atoms with Crippen LogP contribution in [0.1, 0.15) is 15.9 Å². The van der Waals surface area contributed by atoms with Crippen molar-refractivity contribution in [1.29, 1.82) is 0 Å². The van der Waals surface area contributed by atoms with Crippen molar-refractivity contribution in [2.75, 3.05) is 10.6 Å². The minimum absolute atomic E-state index is 0.258. The van der Waals surface area contributed by atoms with Gasteiger partial charge in [-0.15, -0.1) is 10.2 Å². The molecule has 0 unspecified atom stereocenters. The molecule has 0 fully saturated rings. The normalized spacial score (nSPS) is 10.2. The first-order chi connectivity index (χ1) is 11.7. The van der Waals surface area contributed by atoms with Crippen molar-refractivity contribution in [2.45, 2.75) is 6.54 Å². The highest BCUT2D eigenvalue weighted by atomic mass is 35.5. The van der Waals surface area contributed by atoms with E-state index < -0.39 is 0 Å². The Morgan fingerprint density at radius 1 is 0.875 bits per heavy atom. The Morgan fingerprint density at radius 2 is 1.54 bits per heavy atom. The summed E-state index contributed by atoms with van der Waals surface area (Å²) in [6.07, 6.45) is 0. The van der Waals surface area contributed by atoms with Crippen LogP contribution in [0.15, 0.2) is 66.7 Å². The van der Waals surface area contributed by atoms with E-state index in [2.05, 4.69) is 20.8 Å². The van der Waals surface area contributed by atoms with Crippen LogP contribution in [0.4, 0.5) is 11.6 Å². The summed E-state index contributed by atoms with van der Waals surface area (Å²) in [5, 5.41) is 14.5. The van der Waals surface area contributed by atoms with Gasteiger partial charge in [-0.05, 0) is 42.0 Å². The molecule has 0 aliphatic carbocycles. The summed E-state index contributed by atoms with van der Waals surface area (Å²) in [7, 11) is 0. The van der Waals surface area contributed by atoms with Gasteiger partial charge in [-0.25, -0.2) is 0 Å². The average Bonchev–Trinajstić information content (AvgIpc) is 2.62. The third-order valence-electron chi connectivity index (χ3n) is 3.33. The van der Waals surface area contributed by atoms with E-state index in [0.717, 1.165) is 5.56 Å². The number of aromatic nitrogens is 2. The van der Waals surface area contributed by atoms with Crippen molar-refractivity contribution in [1.82, 2.24) is 10.2 Å².